The van der Waals surface area contributed by atoms with Gasteiger partial charge in [-0.3, -0.25) is 9.52 Å². The summed E-state index contributed by atoms with van der Waals surface area (Å²) in [6.07, 6.45) is 8.73. The first kappa shape index (κ1) is 27.8. The van der Waals surface area contributed by atoms with Crippen LogP contribution in [0.15, 0.2) is 42.5 Å². The fourth-order valence-corrected chi connectivity index (χ4v) is 6.77. The maximum atomic E-state index is 13.2. The third-order valence-corrected chi connectivity index (χ3v) is 9.08. The molecule has 1 unspecified atom stereocenters. The number of benzene rings is 2. The SMILES string of the molecule is COC(=O)[C@H](CC1CCCCC1)SNC(=O)OC(c1ccc2c(c1)CCC2)C(C)(C)c1cccc(Cl)c1. The molecule has 0 heterocycles. The highest BCUT2D eigenvalue weighted by Gasteiger charge is 2.37. The van der Waals surface area contributed by atoms with Crippen molar-refractivity contribution in [2.75, 3.05) is 7.11 Å². The molecule has 0 aliphatic heterocycles. The van der Waals surface area contributed by atoms with E-state index >= 15 is 0 Å². The monoisotopic (exact) mass is 543 g/mol. The lowest BCUT2D eigenvalue weighted by Gasteiger charge is -2.35. The Hall–Kier alpha value is -2.18. The summed E-state index contributed by atoms with van der Waals surface area (Å²) in [6, 6.07) is 14.1. The van der Waals surface area contributed by atoms with Crippen LogP contribution in [0.4, 0.5) is 4.79 Å². The van der Waals surface area contributed by atoms with Crippen molar-refractivity contribution in [1.29, 1.82) is 0 Å². The van der Waals surface area contributed by atoms with E-state index in [1.807, 2.05) is 24.3 Å². The van der Waals surface area contributed by atoms with Crippen LogP contribution >= 0.6 is 23.5 Å². The van der Waals surface area contributed by atoms with Gasteiger partial charge in [0, 0.05) is 10.4 Å². The summed E-state index contributed by atoms with van der Waals surface area (Å²) in [4.78, 5) is 25.7. The zero-order valence-electron chi connectivity index (χ0n) is 22.1. The molecule has 4 rings (SSSR count). The van der Waals surface area contributed by atoms with Gasteiger partial charge >= 0.3 is 12.1 Å². The van der Waals surface area contributed by atoms with E-state index in [0.29, 0.717) is 17.4 Å². The second kappa shape index (κ2) is 12.6. The van der Waals surface area contributed by atoms with Gasteiger partial charge in [-0.2, -0.15) is 0 Å². The third-order valence-electron chi connectivity index (χ3n) is 7.90. The normalized spacial score (nSPS) is 17.5. The Kier molecular flexibility index (Phi) is 9.46. The number of aryl methyl sites for hydroxylation is 2. The molecule has 1 N–H and O–H groups in total. The maximum Gasteiger partial charge on any atom is 0.417 e. The molecule has 0 aromatic heterocycles. The number of fused-ring (bicyclic) bond motifs is 1. The Labute approximate surface area is 230 Å². The van der Waals surface area contributed by atoms with Gasteiger partial charge in [0.25, 0.3) is 0 Å². The van der Waals surface area contributed by atoms with Crippen molar-refractivity contribution in [2.24, 2.45) is 5.92 Å². The molecule has 1 amide bonds. The first-order valence-corrected chi connectivity index (χ1v) is 14.6. The minimum Gasteiger partial charge on any atom is -0.468 e. The van der Waals surface area contributed by atoms with E-state index in [0.717, 1.165) is 55.2 Å². The van der Waals surface area contributed by atoms with Crippen LogP contribution in [-0.2, 0) is 32.5 Å². The number of hydrogen-bond acceptors (Lipinski definition) is 5. The Bertz CT molecular complexity index is 1100. The number of carbonyl (C=O) groups is 2. The summed E-state index contributed by atoms with van der Waals surface area (Å²) in [6.45, 7) is 4.13. The molecular weight excluding hydrogens is 506 g/mol. The van der Waals surface area contributed by atoms with Crippen molar-refractivity contribution in [3.05, 3.63) is 69.7 Å². The summed E-state index contributed by atoms with van der Waals surface area (Å²) in [5.41, 5.74) is 4.07. The van der Waals surface area contributed by atoms with Crippen LogP contribution in [0.3, 0.4) is 0 Å². The number of esters is 1. The van der Waals surface area contributed by atoms with Crippen LogP contribution in [0.5, 0.6) is 0 Å². The van der Waals surface area contributed by atoms with Crippen LogP contribution in [0.2, 0.25) is 5.02 Å². The molecular formula is C30H38ClNO4S. The van der Waals surface area contributed by atoms with Gasteiger partial charge in [0.1, 0.15) is 11.4 Å². The highest BCUT2D eigenvalue weighted by Crippen LogP contribution is 2.42. The van der Waals surface area contributed by atoms with Crippen molar-refractivity contribution < 1.29 is 19.1 Å². The molecule has 1 fully saturated rings. The molecule has 2 aliphatic carbocycles. The van der Waals surface area contributed by atoms with Gasteiger partial charge in [0.2, 0.25) is 0 Å². The lowest BCUT2D eigenvalue weighted by Crippen LogP contribution is -2.34. The van der Waals surface area contributed by atoms with E-state index in [9.17, 15) is 9.59 Å². The summed E-state index contributed by atoms with van der Waals surface area (Å²) in [5, 5.41) is 0.182. The number of carbonyl (C=O) groups excluding carboxylic acids is 2. The quantitative estimate of drug-likeness (QED) is 0.259. The Balaban J connectivity index is 1.52. The van der Waals surface area contributed by atoms with Crippen molar-refractivity contribution in [2.45, 2.75) is 88.4 Å². The van der Waals surface area contributed by atoms with Gasteiger partial charge in [0.05, 0.1) is 7.11 Å². The topological polar surface area (TPSA) is 64.6 Å². The van der Waals surface area contributed by atoms with Gasteiger partial charge in [-0.15, -0.1) is 0 Å². The Morgan fingerprint density at radius 3 is 2.54 bits per heavy atom. The molecule has 2 aromatic carbocycles. The van der Waals surface area contributed by atoms with E-state index in [4.69, 9.17) is 21.1 Å². The van der Waals surface area contributed by atoms with Gasteiger partial charge in [-0.05, 0) is 77.9 Å². The van der Waals surface area contributed by atoms with Crippen molar-refractivity contribution >= 4 is 35.6 Å². The number of amides is 1. The van der Waals surface area contributed by atoms with Crippen LogP contribution in [-0.4, -0.2) is 24.4 Å². The average Bonchev–Trinajstić information content (AvgIpc) is 3.37. The Morgan fingerprint density at radius 2 is 1.81 bits per heavy atom. The fourth-order valence-electron chi connectivity index (χ4n) is 5.73. The molecule has 7 heteroatoms. The maximum absolute atomic E-state index is 13.2. The average molecular weight is 544 g/mol. The number of rotatable bonds is 9. The van der Waals surface area contributed by atoms with Crippen LogP contribution < -0.4 is 4.72 Å². The van der Waals surface area contributed by atoms with Crippen molar-refractivity contribution in [3.8, 4) is 0 Å². The Morgan fingerprint density at radius 1 is 1.05 bits per heavy atom. The molecule has 200 valence electrons. The minimum atomic E-state index is -0.567. The predicted octanol–water partition coefficient (Wildman–Crippen LogP) is 7.73. The first-order chi connectivity index (χ1) is 17.8. The number of hydrogen-bond donors (Lipinski definition) is 1. The van der Waals surface area contributed by atoms with Crippen LogP contribution in [0, 0.1) is 5.92 Å². The largest absolute Gasteiger partial charge is 0.468 e. The van der Waals surface area contributed by atoms with Crippen molar-refractivity contribution in [1.82, 2.24) is 4.72 Å². The zero-order chi connectivity index (χ0) is 26.4. The predicted molar refractivity (Wildman–Crippen MR) is 150 cm³/mol. The molecule has 5 nitrogen and oxygen atoms in total. The molecule has 2 atom stereocenters. The molecule has 1 saturated carbocycles. The minimum absolute atomic E-state index is 0.315. The van der Waals surface area contributed by atoms with E-state index in [1.165, 1.54) is 37.5 Å². The van der Waals surface area contributed by atoms with Crippen LogP contribution in [0.1, 0.15) is 87.2 Å². The summed E-state index contributed by atoms with van der Waals surface area (Å²) in [7, 11) is 1.40. The second-order valence-electron chi connectivity index (χ2n) is 10.9. The number of nitrogens with one attached hydrogen (secondary N) is 1. The van der Waals surface area contributed by atoms with Gasteiger partial charge in [-0.25, -0.2) is 4.79 Å². The smallest absolute Gasteiger partial charge is 0.417 e. The molecule has 0 saturated heterocycles. The first-order valence-electron chi connectivity index (χ1n) is 13.4. The van der Waals surface area contributed by atoms with Crippen LogP contribution in [0.25, 0.3) is 0 Å². The molecule has 0 radical (unpaired) electrons. The summed E-state index contributed by atoms with van der Waals surface area (Å²) >= 11 is 7.43. The fraction of sp³-hybridized carbons (Fsp3) is 0.533. The molecule has 37 heavy (non-hydrogen) atoms. The van der Waals surface area contributed by atoms with Crippen molar-refractivity contribution in [3.63, 3.8) is 0 Å². The summed E-state index contributed by atoms with van der Waals surface area (Å²) in [5.74, 6) is 0.161. The zero-order valence-corrected chi connectivity index (χ0v) is 23.6. The van der Waals surface area contributed by atoms with Gasteiger partial charge in [-0.1, -0.05) is 87.9 Å². The van der Waals surface area contributed by atoms with E-state index in [1.54, 1.807) is 0 Å². The molecule has 0 bridgehead atoms. The molecule has 2 aliphatic rings. The third kappa shape index (κ3) is 7.02. The lowest BCUT2D eigenvalue weighted by atomic mass is 9.76. The van der Waals surface area contributed by atoms with E-state index in [-0.39, 0.29) is 5.97 Å². The van der Waals surface area contributed by atoms with E-state index in [2.05, 4.69) is 36.8 Å². The number of halogens is 1. The second-order valence-corrected chi connectivity index (χ2v) is 12.3. The number of ether oxygens (including phenoxy) is 2. The lowest BCUT2D eigenvalue weighted by molar-refractivity contribution is -0.140. The highest BCUT2D eigenvalue weighted by atomic mass is 35.5. The van der Waals surface area contributed by atoms with Gasteiger partial charge in [0.15, 0.2) is 0 Å². The van der Waals surface area contributed by atoms with E-state index < -0.39 is 22.9 Å². The molecule has 2 aromatic rings. The molecule has 0 spiro atoms. The standard InChI is InChI=1S/C30H38ClNO4S/c1-30(2,24-13-8-14-25(31)19-24)27(23-16-15-21-11-7-12-22(21)18-23)36-29(34)32-37-26(28(33)35-3)17-20-9-5-4-6-10-20/h8,13-16,18-20,26-27H,4-7,9-12,17H2,1-3H3,(H,32,34)/t26-,27?/m0/s1. The summed E-state index contributed by atoms with van der Waals surface area (Å²) < 4.78 is 14.0. The number of methoxy groups -OCH3 is 1. The highest BCUT2D eigenvalue weighted by molar-refractivity contribution is 7.99. The van der Waals surface area contributed by atoms with Gasteiger partial charge < -0.3 is 9.47 Å².